The van der Waals surface area contributed by atoms with Crippen molar-refractivity contribution in [1.29, 1.82) is 0 Å². The smallest absolute Gasteiger partial charge is 0.0670 e. The van der Waals surface area contributed by atoms with Gasteiger partial charge in [-0.15, -0.1) is 0 Å². The fourth-order valence-corrected chi connectivity index (χ4v) is 0.845. The van der Waals surface area contributed by atoms with Crippen LogP contribution in [0.25, 0.3) is 0 Å². The zero-order chi connectivity index (χ0) is 7.28. The highest BCUT2D eigenvalue weighted by molar-refractivity contribution is 4.99. The molecule has 54 valence electrons. The van der Waals surface area contributed by atoms with Gasteiger partial charge >= 0.3 is 0 Å². The molecular formula is C8H16O. The topological polar surface area (TPSA) is 9.23 Å². The second-order valence-corrected chi connectivity index (χ2v) is 2.69. The summed E-state index contributed by atoms with van der Waals surface area (Å²) < 4.78 is 4.94. The molecule has 0 aliphatic carbocycles. The highest BCUT2D eigenvalue weighted by Crippen LogP contribution is 2.00. The molecule has 0 radical (unpaired) electrons. The first-order chi connectivity index (χ1) is 4.16. The van der Waals surface area contributed by atoms with Crippen LogP contribution in [-0.4, -0.2) is 13.7 Å². The Morgan fingerprint density at radius 3 is 2.44 bits per heavy atom. The third kappa shape index (κ3) is 5.57. The van der Waals surface area contributed by atoms with Crippen LogP contribution in [0.15, 0.2) is 11.6 Å². The maximum atomic E-state index is 4.94. The van der Waals surface area contributed by atoms with E-state index in [1.807, 2.05) is 0 Å². The summed E-state index contributed by atoms with van der Waals surface area (Å²) in [5.74, 6) is 0.639. The van der Waals surface area contributed by atoms with Gasteiger partial charge in [-0.05, 0) is 12.8 Å². The van der Waals surface area contributed by atoms with Gasteiger partial charge in [-0.1, -0.05) is 25.5 Å². The van der Waals surface area contributed by atoms with Crippen molar-refractivity contribution in [1.82, 2.24) is 0 Å². The number of hydrogen-bond acceptors (Lipinski definition) is 1. The van der Waals surface area contributed by atoms with Gasteiger partial charge < -0.3 is 4.74 Å². The van der Waals surface area contributed by atoms with E-state index in [2.05, 4.69) is 26.8 Å². The summed E-state index contributed by atoms with van der Waals surface area (Å²) in [5, 5.41) is 0. The van der Waals surface area contributed by atoms with E-state index in [-0.39, 0.29) is 0 Å². The zero-order valence-corrected chi connectivity index (χ0v) is 6.77. The second kappa shape index (κ2) is 4.57. The van der Waals surface area contributed by atoms with Crippen LogP contribution in [0.5, 0.6) is 0 Å². The number of ether oxygens (including phenoxy) is 1. The molecule has 0 rings (SSSR count). The van der Waals surface area contributed by atoms with Crippen molar-refractivity contribution in [3.8, 4) is 0 Å². The minimum Gasteiger partial charge on any atom is -0.380 e. The number of methoxy groups -OCH3 is 1. The third-order valence-electron chi connectivity index (χ3n) is 0.990. The molecule has 0 heterocycles. The first-order valence-electron chi connectivity index (χ1n) is 3.33. The van der Waals surface area contributed by atoms with E-state index in [4.69, 9.17) is 4.74 Å². The third-order valence-corrected chi connectivity index (χ3v) is 0.990. The predicted octanol–water partition coefficient (Wildman–Crippen LogP) is 2.24. The van der Waals surface area contributed by atoms with Crippen molar-refractivity contribution in [3.63, 3.8) is 0 Å². The van der Waals surface area contributed by atoms with Gasteiger partial charge in [-0.25, -0.2) is 0 Å². The Hall–Kier alpha value is -0.300. The lowest BCUT2D eigenvalue weighted by Gasteiger charge is -2.00. The van der Waals surface area contributed by atoms with Crippen LogP contribution < -0.4 is 0 Å². The average molecular weight is 128 g/mol. The van der Waals surface area contributed by atoms with E-state index in [1.165, 1.54) is 5.57 Å². The summed E-state index contributed by atoms with van der Waals surface area (Å²) in [6.45, 7) is 7.18. The number of rotatable bonds is 3. The Kier molecular flexibility index (Phi) is 4.41. The van der Waals surface area contributed by atoms with Crippen molar-refractivity contribution < 1.29 is 4.74 Å². The molecule has 0 saturated heterocycles. The van der Waals surface area contributed by atoms with Crippen molar-refractivity contribution in [3.05, 3.63) is 11.6 Å². The van der Waals surface area contributed by atoms with E-state index < -0.39 is 0 Å². The molecule has 0 unspecified atom stereocenters. The Morgan fingerprint density at radius 1 is 1.56 bits per heavy atom. The quantitative estimate of drug-likeness (QED) is 0.530. The Balaban J connectivity index is 3.55. The molecule has 0 fully saturated rings. The summed E-state index contributed by atoms with van der Waals surface area (Å²) in [5.41, 5.74) is 1.31. The summed E-state index contributed by atoms with van der Waals surface area (Å²) in [6, 6.07) is 0. The van der Waals surface area contributed by atoms with E-state index >= 15 is 0 Å². The lowest BCUT2D eigenvalue weighted by Crippen LogP contribution is -1.91. The second-order valence-electron chi connectivity index (χ2n) is 2.69. The maximum absolute atomic E-state index is 4.94. The van der Waals surface area contributed by atoms with Crippen LogP contribution in [-0.2, 0) is 4.74 Å². The highest BCUT2D eigenvalue weighted by Gasteiger charge is 1.89. The van der Waals surface area contributed by atoms with Gasteiger partial charge in [0.15, 0.2) is 0 Å². The van der Waals surface area contributed by atoms with Crippen LogP contribution in [0, 0.1) is 5.92 Å². The molecule has 0 aliphatic rings. The van der Waals surface area contributed by atoms with Gasteiger partial charge in [-0.2, -0.15) is 0 Å². The fourth-order valence-electron chi connectivity index (χ4n) is 0.845. The zero-order valence-electron chi connectivity index (χ0n) is 6.77. The van der Waals surface area contributed by atoms with Crippen LogP contribution in [0.4, 0.5) is 0 Å². The van der Waals surface area contributed by atoms with Crippen molar-refractivity contribution in [2.45, 2.75) is 20.8 Å². The number of allylic oxidation sites excluding steroid dienone is 1. The standard InChI is InChI=1S/C8H16O/c1-7(2)5-8(3)6-9-4/h5,7H,6H2,1-4H3/b8-5+. The first-order valence-corrected chi connectivity index (χ1v) is 3.33. The largest absolute Gasteiger partial charge is 0.380 e. The van der Waals surface area contributed by atoms with Gasteiger partial charge in [0, 0.05) is 7.11 Å². The normalized spacial score (nSPS) is 12.8. The molecule has 0 aliphatic heterocycles. The number of hydrogen-bond donors (Lipinski definition) is 0. The Morgan fingerprint density at radius 2 is 2.11 bits per heavy atom. The lowest BCUT2D eigenvalue weighted by atomic mass is 10.1. The molecule has 0 N–H and O–H groups in total. The van der Waals surface area contributed by atoms with Crippen LogP contribution in [0.3, 0.4) is 0 Å². The minimum absolute atomic E-state index is 0.639. The van der Waals surface area contributed by atoms with Gasteiger partial charge in [0.05, 0.1) is 6.61 Å². The molecule has 0 spiro atoms. The minimum atomic E-state index is 0.639. The van der Waals surface area contributed by atoms with Crippen molar-refractivity contribution >= 4 is 0 Å². The molecule has 0 aromatic carbocycles. The van der Waals surface area contributed by atoms with Crippen molar-refractivity contribution in [2.75, 3.05) is 13.7 Å². The Labute approximate surface area is 57.7 Å². The molecule has 0 amide bonds. The highest BCUT2D eigenvalue weighted by atomic mass is 16.5. The fraction of sp³-hybridized carbons (Fsp3) is 0.750. The van der Waals surface area contributed by atoms with Crippen molar-refractivity contribution in [2.24, 2.45) is 5.92 Å². The molecule has 0 saturated carbocycles. The molecule has 9 heavy (non-hydrogen) atoms. The van der Waals surface area contributed by atoms with Crippen LogP contribution in [0.1, 0.15) is 20.8 Å². The Bertz CT molecular complexity index is 92.7. The molecule has 0 aromatic heterocycles. The first kappa shape index (κ1) is 8.70. The van der Waals surface area contributed by atoms with Crippen LogP contribution >= 0.6 is 0 Å². The molecule has 0 bridgehead atoms. The monoisotopic (exact) mass is 128 g/mol. The van der Waals surface area contributed by atoms with Gasteiger partial charge in [0.1, 0.15) is 0 Å². The summed E-state index contributed by atoms with van der Waals surface area (Å²) in [7, 11) is 1.72. The van der Waals surface area contributed by atoms with Gasteiger partial charge in [-0.3, -0.25) is 0 Å². The molecular weight excluding hydrogens is 112 g/mol. The van der Waals surface area contributed by atoms with E-state index in [1.54, 1.807) is 7.11 Å². The summed E-state index contributed by atoms with van der Waals surface area (Å²) in [4.78, 5) is 0. The summed E-state index contributed by atoms with van der Waals surface area (Å²) >= 11 is 0. The average Bonchev–Trinajstić information content (AvgIpc) is 1.63. The lowest BCUT2D eigenvalue weighted by molar-refractivity contribution is 0.225. The predicted molar refractivity (Wildman–Crippen MR) is 40.5 cm³/mol. The molecule has 0 aromatic rings. The van der Waals surface area contributed by atoms with Crippen LogP contribution in [0.2, 0.25) is 0 Å². The van der Waals surface area contributed by atoms with E-state index in [9.17, 15) is 0 Å². The summed E-state index contributed by atoms with van der Waals surface area (Å²) in [6.07, 6.45) is 2.21. The molecule has 1 heteroatoms. The van der Waals surface area contributed by atoms with E-state index in [0.717, 1.165) is 6.61 Å². The van der Waals surface area contributed by atoms with E-state index in [0.29, 0.717) is 5.92 Å². The van der Waals surface area contributed by atoms with Gasteiger partial charge in [0.2, 0.25) is 0 Å². The molecule has 0 atom stereocenters. The maximum Gasteiger partial charge on any atom is 0.0670 e. The van der Waals surface area contributed by atoms with Gasteiger partial charge in [0.25, 0.3) is 0 Å². The molecule has 1 nitrogen and oxygen atoms in total. The SMILES string of the molecule is COC/C(C)=C/C(C)C.